The molecule has 0 aromatic carbocycles. The molecule has 0 bridgehead atoms. The van der Waals surface area contributed by atoms with Crippen LogP contribution in [0.1, 0.15) is 20.9 Å². The molecule has 7 heteroatoms. The number of thiophene rings is 1. The zero-order chi connectivity index (χ0) is 15.9. The zero-order valence-electron chi connectivity index (χ0n) is 12.4. The minimum atomic E-state index is -0.470. The molecule has 0 atom stereocenters. The second-order valence-electron chi connectivity index (χ2n) is 4.82. The molecule has 0 aliphatic rings. The third kappa shape index (κ3) is 2.29. The molecular formula is C15H14N4O2S. The number of aromatic nitrogens is 3. The van der Waals surface area contributed by atoms with Gasteiger partial charge in [0.05, 0.1) is 17.7 Å². The van der Waals surface area contributed by atoms with Gasteiger partial charge in [0.25, 0.3) is 5.91 Å². The Morgan fingerprint density at radius 2 is 2.00 bits per heavy atom. The number of rotatable bonds is 3. The van der Waals surface area contributed by atoms with Crippen LogP contribution in [0.2, 0.25) is 0 Å². The van der Waals surface area contributed by atoms with E-state index < -0.39 is 5.91 Å². The Morgan fingerprint density at radius 3 is 2.64 bits per heavy atom. The molecule has 112 valence electrons. The highest BCUT2D eigenvalue weighted by molar-refractivity contribution is 7.20. The fourth-order valence-corrected chi connectivity index (χ4v) is 3.33. The number of ether oxygens (including phenoxy) is 1. The maximum Gasteiger partial charge on any atom is 0.318 e. The molecule has 0 aliphatic carbocycles. The summed E-state index contributed by atoms with van der Waals surface area (Å²) < 4.78 is 5.16. The summed E-state index contributed by atoms with van der Waals surface area (Å²) in [5.41, 5.74) is 8.45. The summed E-state index contributed by atoms with van der Waals surface area (Å²) in [7, 11) is 1.50. The molecule has 0 saturated heterocycles. The lowest BCUT2D eigenvalue weighted by atomic mass is 10.1. The maximum absolute atomic E-state index is 11.6. The van der Waals surface area contributed by atoms with Crippen molar-refractivity contribution in [2.45, 2.75) is 13.8 Å². The quantitative estimate of drug-likeness (QED) is 0.802. The van der Waals surface area contributed by atoms with Crippen LogP contribution in [0.3, 0.4) is 0 Å². The number of pyridine rings is 1. The molecule has 0 unspecified atom stereocenters. The molecule has 0 radical (unpaired) electrons. The smallest absolute Gasteiger partial charge is 0.318 e. The second-order valence-corrected chi connectivity index (χ2v) is 5.82. The number of carbonyl (C=O) groups is 1. The molecule has 3 rings (SSSR count). The van der Waals surface area contributed by atoms with E-state index in [0.717, 1.165) is 16.6 Å². The van der Waals surface area contributed by atoms with E-state index >= 15 is 0 Å². The molecule has 1 amide bonds. The lowest BCUT2D eigenvalue weighted by Gasteiger charge is -2.06. The van der Waals surface area contributed by atoms with Crippen molar-refractivity contribution < 1.29 is 9.53 Å². The lowest BCUT2D eigenvalue weighted by Crippen LogP contribution is -2.09. The van der Waals surface area contributed by atoms with E-state index in [4.69, 9.17) is 10.5 Å². The molecule has 3 heterocycles. The number of amides is 1. The van der Waals surface area contributed by atoms with Gasteiger partial charge < -0.3 is 10.5 Å². The summed E-state index contributed by atoms with van der Waals surface area (Å²) in [5, 5.41) is 0.790. The van der Waals surface area contributed by atoms with Gasteiger partial charge in [-0.25, -0.2) is 0 Å². The first-order valence-electron chi connectivity index (χ1n) is 6.60. The average molecular weight is 314 g/mol. The first kappa shape index (κ1) is 14.4. The van der Waals surface area contributed by atoms with Gasteiger partial charge in [0.1, 0.15) is 10.5 Å². The molecule has 0 aliphatic heterocycles. The molecule has 3 aromatic rings. The van der Waals surface area contributed by atoms with Gasteiger partial charge in [-0.3, -0.25) is 9.78 Å². The van der Waals surface area contributed by atoms with E-state index in [1.807, 2.05) is 32.0 Å². The number of aryl methyl sites for hydroxylation is 2. The number of primary amides is 1. The van der Waals surface area contributed by atoms with E-state index in [1.54, 1.807) is 0 Å². The van der Waals surface area contributed by atoms with Crippen molar-refractivity contribution in [2.75, 3.05) is 7.11 Å². The summed E-state index contributed by atoms with van der Waals surface area (Å²) in [5.74, 6) is -0.470. The molecule has 0 saturated carbocycles. The number of hydrogen-bond donors (Lipinski definition) is 1. The molecule has 3 aromatic heterocycles. The van der Waals surface area contributed by atoms with Crippen molar-refractivity contribution >= 4 is 27.5 Å². The zero-order valence-corrected chi connectivity index (χ0v) is 13.2. The van der Waals surface area contributed by atoms with Gasteiger partial charge in [-0.05, 0) is 31.5 Å². The van der Waals surface area contributed by atoms with Gasteiger partial charge in [-0.2, -0.15) is 9.97 Å². The van der Waals surface area contributed by atoms with Crippen LogP contribution in [-0.4, -0.2) is 28.0 Å². The van der Waals surface area contributed by atoms with Crippen LogP contribution in [-0.2, 0) is 0 Å². The molecule has 22 heavy (non-hydrogen) atoms. The highest BCUT2D eigenvalue weighted by atomic mass is 32.1. The Hall–Kier alpha value is -2.54. The number of carbonyl (C=O) groups excluding carboxylic acids is 1. The number of hydrogen-bond acceptors (Lipinski definition) is 6. The lowest BCUT2D eigenvalue weighted by molar-refractivity contribution is 0.100. The van der Waals surface area contributed by atoms with Crippen LogP contribution < -0.4 is 10.5 Å². The Kier molecular flexibility index (Phi) is 3.50. The minimum Gasteiger partial charge on any atom is -0.467 e. The van der Waals surface area contributed by atoms with Gasteiger partial charge in [0, 0.05) is 11.1 Å². The molecule has 2 N–H and O–H groups in total. The molecular weight excluding hydrogens is 300 g/mol. The first-order chi connectivity index (χ1) is 10.5. The van der Waals surface area contributed by atoms with E-state index in [0.29, 0.717) is 21.1 Å². The summed E-state index contributed by atoms with van der Waals surface area (Å²) >= 11 is 1.24. The van der Waals surface area contributed by atoms with E-state index in [2.05, 4.69) is 15.0 Å². The van der Waals surface area contributed by atoms with E-state index in [-0.39, 0.29) is 6.01 Å². The van der Waals surface area contributed by atoms with Gasteiger partial charge in [0.2, 0.25) is 0 Å². The van der Waals surface area contributed by atoms with Crippen molar-refractivity contribution in [3.8, 4) is 17.4 Å². The minimum absolute atomic E-state index is 0.239. The summed E-state index contributed by atoms with van der Waals surface area (Å²) in [6.45, 7) is 3.75. The van der Waals surface area contributed by atoms with E-state index in [9.17, 15) is 4.79 Å². The molecule has 0 spiro atoms. The van der Waals surface area contributed by atoms with E-state index in [1.165, 1.54) is 18.4 Å². The van der Waals surface area contributed by atoms with Crippen molar-refractivity contribution in [3.63, 3.8) is 0 Å². The largest absolute Gasteiger partial charge is 0.467 e. The number of nitrogens with zero attached hydrogens (tertiary/aromatic N) is 3. The van der Waals surface area contributed by atoms with Crippen LogP contribution in [0.15, 0.2) is 18.2 Å². The predicted molar refractivity (Wildman–Crippen MR) is 85.2 cm³/mol. The van der Waals surface area contributed by atoms with Crippen molar-refractivity contribution in [3.05, 3.63) is 34.3 Å². The van der Waals surface area contributed by atoms with Crippen LogP contribution in [0.25, 0.3) is 21.6 Å². The average Bonchev–Trinajstić information content (AvgIpc) is 2.83. The standard InChI is InChI=1S/C15H14N4O2S/c1-7-5-4-6-9(17-7)11-10-8(2)12(13(16)20)22-14(10)19-15(18-11)21-3/h4-6H,1-3H3,(H2,16,20). The van der Waals surface area contributed by atoms with Crippen LogP contribution in [0.5, 0.6) is 6.01 Å². The highest BCUT2D eigenvalue weighted by Gasteiger charge is 2.20. The van der Waals surface area contributed by atoms with Crippen LogP contribution in [0.4, 0.5) is 0 Å². The molecule has 6 nitrogen and oxygen atoms in total. The van der Waals surface area contributed by atoms with Gasteiger partial charge in [0.15, 0.2) is 0 Å². The highest BCUT2D eigenvalue weighted by Crippen LogP contribution is 2.36. The third-order valence-corrected chi connectivity index (χ3v) is 4.51. The van der Waals surface area contributed by atoms with Gasteiger partial charge in [-0.15, -0.1) is 11.3 Å². The Balaban J connectivity index is 2.39. The second kappa shape index (κ2) is 5.34. The fraction of sp³-hybridized carbons (Fsp3) is 0.200. The van der Waals surface area contributed by atoms with Crippen LogP contribution in [0, 0.1) is 13.8 Å². The number of nitrogens with two attached hydrogens (primary N) is 1. The first-order valence-corrected chi connectivity index (χ1v) is 7.42. The number of fused-ring (bicyclic) bond motifs is 1. The summed E-state index contributed by atoms with van der Waals surface area (Å²) in [6.07, 6.45) is 0. The van der Waals surface area contributed by atoms with Crippen molar-refractivity contribution in [1.82, 2.24) is 15.0 Å². The topological polar surface area (TPSA) is 91.0 Å². The van der Waals surface area contributed by atoms with Crippen molar-refractivity contribution in [1.29, 1.82) is 0 Å². The summed E-state index contributed by atoms with van der Waals surface area (Å²) in [4.78, 5) is 26.0. The van der Waals surface area contributed by atoms with Gasteiger partial charge in [-0.1, -0.05) is 6.07 Å². The van der Waals surface area contributed by atoms with Crippen LogP contribution >= 0.6 is 11.3 Å². The van der Waals surface area contributed by atoms with Gasteiger partial charge >= 0.3 is 6.01 Å². The Morgan fingerprint density at radius 1 is 1.23 bits per heavy atom. The predicted octanol–water partition coefficient (Wildman–Crippen LogP) is 2.48. The SMILES string of the molecule is COc1nc(-c2cccc(C)n2)c2c(C)c(C(N)=O)sc2n1. The number of methoxy groups -OCH3 is 1. The third-order valence-electron chi connectivity index (χ3n) is 3.31. The van der Waals surface area contributed by atoms with Crippen molar-refractivity contribution in [2.24, 2.45) is 5.73 Å². The summed E-state index contributed by atoms with van der Waals surface area (Å²) in [6, 6.07) is 5.93. The molecule has 0 fully saturated rings. The maximum atomic E-state index is 11.6. The fourth-order valence-electron chi connectivity index (χ4n) is 2.31. The Bertz CT molecular complexity index is 889. The monoisotopic (exact) mass is 314 g/mol. The normalized spacial score (nSPS) is 10.9. The Labute approximate surface area is 131 Å².